The molecule has 0 unspecified atom stereocenters. The maximum absolute atomic E-state index is 11.7. The van der Waals surface area contributed by atoms with Crippen molar-refractivity contribution in [1.29, 1.82) is 0 Å². The van der Waals surface area contributed by atoms with Gasteiger partial charge in [0, 0.05) is 0 Å². The quantitative estimate of drug-likeness (QED) is 0.447. The molecule has 0 saturated carbocycles. The number of hydrogen-bond acceptors (Lipinski definition) is 2. The van der Waals surface area contributed by atoms with E-state index in [4.69, 9.17) is 0 Å². The van der Waals surface area contributed by atoms with Crippen molar-refractivity contribution in [3.8, 4) is 0 Å². The molecule has 0 atom stereocenters. The highest BCUT2D eigenvalue weighted by molar-refractivity contribution is 6.03. The molecule has 0 aliphatic rings. The maximum Gasteiger partial charge on any atom is 0.336 e. The highest BCUT2D eigenvalue weighted by Crippen LogP contribution is 2.24. The minimum atomic E-state index is -1.17. The SMILES string of the molecule is CCCCCCCCCc1c(CCCC)ccc(C(=O)O)c1C(=O)O. The Hall–Kier alpha value is -1.84. The summed E-state index contributed by atoms with van der Waals surface area (Å²) in [5.41, 5.74) is 1.63. The summed E-state index contributed by atoms with van der Waals surface area (Å²) >= 11 is 0. The van der Waals surface area contributed by atoms with Crippen LogP contribution in [0, 0.1) is 0 Å². The number of unbranched alkanes of at least 4 members (excludes halogenated alkanes) is 7. The van der Waals surface area contributed by atoms with Gasteiger partial charge in [0.25, 0.3) is 0 Å². The Bertz CT molecular complexity index is 563. The van der Waals surface area contributed by atoms with Crippen LogP contribution in [0.4, 0.5) is 0 Å². The van der Waals surface area contributed by atoms with Crippen molar-refractivity contribution in [2.45, 2.75) is 84.5 Å². The van der Waals surface area contributed by atoms with Crippen LogP contribution in [0.15, 0.2) is 12.1 Å². The lowest BCUT2D eigenvalue weighted by atomic mass is 9.89. The van der Waals surface area contributed by atoms with Crippen LogP contribution in [0.3, 0.4) is 0 Å². The van der Waals surface area contributed by atoms with Crippen molar-refractivity contribution >= 4 is 11.9 Å². The van der Waals surface area contributed by atoms with Crippen molar-refractivity contribution in [3.63, 3.8) is 0 Å². The minimum Gasteiger partial charge on any atom is -0.478 e. The first kappa shape index (κ1) is 21.2. The van der Waals surface area contributed by atoms with Crippen LogP contribution >= 0.6 is 0 Å². The number of carboxylic acid groups (broad SMARTS) is 2. The molecule has 1 rings (SSSR count). The predicted molar refractivity (Wildman–Crippen MR) is 101 cm³/mol. The Balaban J connectivity index is 2.89. The molecule has 1 aromatic carbocycles. The average Bonchev–Trinajstić information content (AvgIpc) is 2.58. The third-order valence-corrected chi connectivity index (χ3v) is 4.68. The van der Waals surface area contributed by atoms with E-state index in [-0.39, 0.29) is 11.1 Å². The Morgan fingerprint density at radius 1 is 0.760 bits per heavy atom. The fourth-order valence-electron chi connectivity index (χ4n) is 3.26. The molecule has 0 aliphatic heterocycles. The lowest BCUT2D eigenvalue weighted by molar-refractivity contribution is 0.0650. The molecule has 0 fully saturated rings. The molecule has 0 amide bonds. The first-order chi connectivity index (χ1) is 12.0. The molecule has 4 nitrogen and oxygen atoms in total. The summed E-state index contributed by atoms with van der Waals surface area (Å²) in [6.07, 6.45) is 11.6. The van der Waals surface area contributed by atoms with E-state index in [1.807, 2.05) is 6.07 Å². The normalized spacial score (nSPS) is 10.8. The van der Waals surface area contributed by atoms with Crippen LogP contribution in [-0.4, -0.2) is 22.2 Å². The van der Waals surface area contributed by atoms with Crippen LogP contribution in [-0.2, 0) is 12.8 Å². The van der Waals surface area contributed by atoms with E-state index in [1.165, 1.54) is 31.7 Å². The lowest BCUT2D eigenvalue weighted by Crippen LogP contribution is -2.14. The summed E-state index contributed by atoms with van der Waals surface area (Å²) in [4.78, 5) is 23.1. The fourth-order valence-corrected chi connectivity index (χ4v) is 3.26. The van der Waals surface area contributed by atoms with Crippen molar-refractivity contribution in [1.82, 2.24) is 0 Å². The third kappa shape index (κ3) is 6.89. The summed E-state index contributed by atoms with van der Waals surface area (Å²) < 4.78 is 0. The number of rotatable bonds is 13. The predicted octanol–water partition coefficient (Wildman–Crippen LogP) is 5.72. The zero-order valence-electron chi connectivity index (χ0n) is 15.6. The number of carboxylic acids is 2. The van der Waals surface area contributed by atoms with Gasteiger partial charge in [-0.15, -0.1) is 0 Å². The van der Waals surface area contributed by atoms with E-state index in [1.54, 1.807) is 0 Å². The van der Waals surface area contributed by atoms with Gasteiger partial charge in [0.2, 0.25) is 0 Å². The van der Waals surface area contributed by atoms with Crippen molar-refractivity contribution < 1.29 is 19.8 Å². The van der Waals surface area contributed by atoms with Crippen LogP contribution < -0.4 is 0 Å². The van der Waals surface area contributed by atoms with Gasteiger partial charge in [-0.3, -0.25) is 0 Å². The molecule has 4 heteroatoms. The van der Waals surface area contributed by atoms with E-state index in [2.05, 4.69) is 13.8 Å². The second kappa shape index (κ2) is 11.7. The Morgan fingerprint density at radius 3 is 1.92 bits per heavy atom. The lowest BCUT2D eigenvalue weighted by Gasteiger charge is -2.15. The second-order valence-electron chi connectivity index (χ2n) is 6.71. The first-order valence-corrected chi connectivity index (χ1v) is 9.64. The molecule has 0 bridgehead atoms. The molecule has 0 spiro atoms. The standard InChI is InChI=1S/C21H32O4/c1-3-5-7-8-9-10-11-13-17-16(12-6-4-2)14-15-18(20(22)23)19(17)21(24)25/h14-15H,3-13H2,1-2H3,(H,22,23)(H,24,25). The summed E-state index contributed by atoms with van der Waals surface area (Å²) in [5, 5.41) is 18.9. The highest BCUT2D eigenvalue weighted by atomic mass is 16.4. The molecular formula is C21H32O4. The minimum absolute atomic E-state index is 0.00733. The molecule has 0 aliphatic carbocycles. The van der Waals surface area contributed by atoms with Crippen molar-refractivity contribution in [3.05, 3.63) is 34.4 Å². The monoisotopic (exact) mass is 348 g/mol. The first-order valence-electron chi connectivity index (χ1n) is 9.64. The van der Waals surface area contributed by atoms with Gasteiger partial charge in [-0.1, -0.05) is 64.9 Å². The van der Waals surface area contributed by atoms with Crippen LogP contribution in [0.2, 0.25) is 0 Å². The number of carbonyl (C=O) groups is 2. The molecular weight excluding hydrogens is 316 g/mol. The van der Waals surface area contributed by atoms with Gasteiger partial charge < -0.3 is 10.2 Å². The van der Waals surface area contributed by atoms with Gasteiger partial charge in [-0.2, -0.15) is 0 Å². The van der Waals surface area contributed by atoms with Gasteiger partial charge in [-0.05, 0) is 42.9 Å². The molecule has 0 heterocycles. The number of benzene rings is 1. The molecule has 2 N–H and O–H groups in total. The summed E-state index contributed by atoms with van der Waals surface area (Å²) in [6, 6.07) is 3.26. The van der Waals surface area contributed by atoms with Gasteiger partial charge in [0.05, 0.1) is 11.1 Å². The smallest absolute Gasteiger partial charge is 0.336 e. The van der Waals surface area contributed by atoms with Crippen molar-refractivity contribution in [2.75, 3.05) is 0 Å². The summed E-state index contributed by atoms with van der Waals surface area (Å²) in [6.45, 7) is 4.29. The van der Waals surface area contributed by atoms with Gasteiger partial charge >= 0.3 is 11.9 Å². The molecule has 25 heavy (non-hydrogen) atoms. The van der Waals surface area contributed by atoms with Crippen LogP contribution in [0.1, 0.15) is 103 Å². The molecule has 1 aromatic rings. The van der Waals surface area contributed by atoms with E-state index < -0.39 is 11.9 Å². The average molecular weight is 348 g/mol. The number of hydrogen-bond donors (Lipinski definition) is 2. The summed E-state index contributed by atoms with van der Waals surface area (Å²) in [7, 11) is 0. The zero-order chi connectivity index (χ0) is 18.7. The van der Waals surface area contributed by atoms with E-state index in [9.17, 15) is 19.8 Å². The number of aryl methyl sites for hydroxylation is 1. The topological polar surface area (TPSA) is 74.6 Å². The Morgan fingerprint density at radius 2 is 1.36 bits per heavy atom. The fraction of sp³-hybridized carbons (Fsp3) is 0.619. The van der Waals surface area contributed by atoms with Crippen LogP contribution in [0.5, 0.6) is 0 Å². The van der Waals surface area contributed by atoms with E-state index >= 15 is 0 Å². The van der Waals surface area contributed by atoms with Gasteiger partial charge in [0.1, 0.15) is 0 Å². The molecule has 140 valence electrons. The van der Waals surface area contributed by atoms with Gasteiger partial charge in [0.15, 0.2) is 0 Å². The summed E-state index contributed by atoms with van der Waals surface area (Å²) in [5.74, 6) is -2.30. The Kier molecular flexibility index (Phi) is 9.90. The van der Waals surface area contributed by atoms with E-state index in [0.29, 0.717) is 6.42 Å². The zero-order valence-corrected chi connectivity index (χ0v) is 15.6. The largest absolute Gasteiger partial charge is 0.478 e. The maximum atomic E-state index is 11.7. The third-order valence-electron chi connectivity index (χ3n) is 4.68. The Labute approximate surface area is 151 Å². The molecule has 0 aromatic heterocycles. The number of aromatic carboxylic acids is 2. The van der Waals surface area contributed by atoms with Crippen molar-refractivity contribution in [2.24, 2.45) is 0 Å². The molecule has 0 radical (unpaired) electrons. The molecule has 0 saturated heterocycles. The second-order valence-corrected chi connectivity index (χ2v) is 6.71. The van der Waals surface area contributed by atoms with Crippen LogP contribution in [0.25, 0.3) is 0 Å². The highest BCUT2D eigenvalue weighted by Gasteiger charge is 2.22. The van der Waals surface area contributed by atoms with E-state index in [0.717, 1.165) is 49.7 Å². The van der Waals surface area contributed by atoms with Gasteiger partial charge in [-0.25, -0.2) is 9.59 Å².